The second-order valence-electron chi connectivity index (χ2n) is 7.40. The highest BCUT2D eigenvalue weighted by atomic mass is 16.6. The number of benzene rings is 2. The van der Waals surface area contributed by atoms with Gasteiger partial charge in [-0.15, -0.1) is 0 Å². The lowest BCUT2D eigenvalue weighted by molar-refractivity contribution is -0.385. The molecule has 2 amide bonds. The van der Waals surface area contributed by atoms with Crippen LogP contribution in [0.25, 0.3) is 0 Å². The Kier molecular flexibility index (Phi) is 6.86. The molecular formula is C21H20N6O6. The average molecular weight is 452 g/mol. The Hall–Kier alpha value is -4.48. The number of hydrogen-bond acceptors (Lipinski definition) is 8. The van der Waals surface area contributed by atoms with E-state index in [-0.39, 0.29) is 11.4 Å². The van der Waals surface area contributed by atoms with Gasteiger partial charge in [0.2, 0.25) is 11.8 Å². The van der Waals surface area contributed by atoms with E-state index in [1.54, 1.807) is 13.8 Å². The summed E-state index contributed by atoms with van der Waals surface area (Å²) < 4.78 is 0. The minimum absolute atomic E-state index is 0.0473. The molecule has 12 nitrogen and oxygen atoms in total. The molecule has 1 fully saturated rings. The maximum absolute atomic E-state index is 12.3. The van der Waals surface area contributed by atoms with E-state index in [0.29, 0.717) is 29.0 Å². The Morgan fingerprint density at radius 2 is 1.09 bits per heavy atom. The van der Waals surface area contributed by atoms with E-state index in [0.717, 1.165) is 0 Å². The molecule has 0 radical (unpaired) electrons. The fourth-order valence-electron chi connectivity index (χ4n) is 3.00. The van der Waals surface area contributed by atoms with E-state index in [1.165, 1.54) is 48.5 Å². The lowest BCUT2D eigenvalue weighted by atomic mass is 10.1. The van der Waals surface area contributed by atoms with Crippen LogP contribution in [0.15, 0.2) is 58.7 Å². The van der Waals surface area contributed by atoms with Gasteiger partial charge in [-0.2, -0.15) is 10.2 Å². The van der Waals surface area contributed by atoms with E-state index in [9.17, 15) is 29.8 Å². The number of carbonyl (C=O) groups excluding carboxylic acids is 2. The first-order valence-electron chi connectivity index (χ1n) is 9.85. The van der Waals surface area contributed by atoms with Gasteiger partial charge in [0.1, 0.15) is 0 Å². The second kappa shape index (κ2) is 9.77. The zero-order valence-electron chi connectivity index (χ0n) is 17.7. The molecule has 2 N–H and O–H groups in total. The Morgan fingerprint density at radius 1 is 0.758 bits per heavy atom. The minimum Gasteiger partial charge on any atom is -0.273 e. The molecule has 0 bridgehead atoms. The standard InChI is InChI=1S/C21H20N6O6/c1-12(14-3-7-16(8-4-14)26(30)31)22-24-20(28)18-11-19(18)21(29)25-23-13(2)15-5-9-17(10-6-15)27(32)33/h3-10,18-19H,11H2,1-2H3,(H,24,28)(H,25,29)/b22-12-,23-13-/t18-,19+. The summed E-state index contributed by atoms with van der Waals surface area (Å²) in [5.74, 6) is -1.89. The summed E-state index contributed by atoms with van der Waals surface area (Å²) in [6.45, 7) is 3.29. The topological polar surface area (TPSA) is 169 Å². The summed E-state index contributed by atoms with van der Waals surface area (Å²) in [6.07, 6.45) is 0.357. The van der Waals surface area contributed by atoms with Crippen molar-refractivity contribution in [2.24, 2.45) is 22.0 Å². The summed E-state index contributed by atoms with van der Waals surface area (Å²) in [7, 11) is 0. The highest BCUT2D eigenvalue weighted by Gasteiger charge is 2.48. The summed E-state index contributed by atoms with van der Waals surface area (Å²) in [5, 5.41) is 29.4. The fourth-order valence-corrected chi connectivity index (χ4v) is 3.00. The van der Waals surface area contributed by atoms with Crippen molar-refractivity contribution in [3.8, 4) is 0 Å². The normalized spacial score (nSPS) is 17.8. The molecule has 1 aliphatic rings. The van der Waals surface area contributed by atoms with Crippen LogP contribution in [0.1, 0.15) is 31.4 Å². The molecule has 2 aromatic carbocycles. The van der Waals surface area contributed by atoms with E-state index in [4.69, 9.17) is 0 Å². The van der Waals surface area contributed by atoms with Crippen molar-refractivity contribution < 1.29 is 19.4 Å². The summed E-state index contributed by atoms with van der Waals surface area (Å²) in [6, 6.07) is 11.5. The number of nitrogens with zero attached hydrogens (tertiary/aromatic N) is 4. The fraction of sp³-hybridized carbons (Fsp3) is 0.238. The Labute approximate surface area is 187 Å². The van der Waals surface area contributed by atoms with Crippen molar-refractivity contribution in [1.29, 1.82) is 0 Å². The van der Waals surface area contributed by atoms with Crippen LogP contribution in [-0.2, 0) is 9.59 Å². The summed E-state index contributed by atoms with van der Waals surface area (Å²) in [4.78, 5) is 44.9. The number of non-ortho nitro benzene ring substituents is 2. The van der Waals surface area contributed by atoms with E-state index >= 15 is 0 Å². The molecule has 3 rings (SSSR count). The average Bonchev–Trinajstić information content (AvgIpc) is 3.62. The van der Waals surface area contributed by atoms with Crippen LogP contribution in [0, 0.1) is 32.1 Å². The molecule has 170 valence electrons. The maximum Gasteiger partial charge on any atom is 0.269 e. The summed E-state index contributed by atoms with van der Waals surface area (Å²) in [5.41, 5.74) is 6.88. The van der Waals surface area contributed by atoms with Crippen molar-refractivity contribution in [3.63, 3.8) is 0 Å². The maximum atomic E-state index is 12.3. The number of hydrogen-bond donors (Lipinski definition) is 2. The molecule has 0 spiro atoms. The molecule has 2 aromatic rings. The minimum atomic E-state index is -0.534. The molecule has 0 aliphatic heterocycles. The van der Waals surface area contributed by atoms with Gasteiger partial charge in [-0.05, 0) is 55.7 Å². The van der Waals surface area contributed by atoms with Gasteiger partial charge in [-0.3, -0.25) is 29.8 Å². The van der Waals surface area contributed by atoms with E-state index in [1.807, 2.05) is 0 Å². The predicted molar refractivity (Wildman–Crippen MR) is 118 cm³/mol. The third-order valence-corrected chi connectivity index (χ3v) is 5.12. The number of carbonyl (C=O) groups is 2. The van der Waals surface area contributed by atoms with Gasteiger partial charge in [0, 0.05) is 24.3 Å². The molecule has 0 heterocycles. The van der Waals surface area contributed by atoms with Crippen LogP contribution in [0.5, 0.6) is 0 Å². The van der Waals surface area contributed by atoms with Gasteiger partial charge in [0.05, 0.1) is 33.1 Å². The van der Waals surface area contributed by atoms with E-state index in [2.05, 4.69) is 21.1 Å². The highest BCUT2D eigenvalue weighted by Crippen LogP contribution is 2.38. The quantitative estimate of drug-likeness (QED) is 0.354. The molecule has 0 unspecified atom stereocenters. The number of nitro benzene ring substituents is 2. The number of amides is 2. The number of rotatable bonds is 8. The van der Waals surface area contributed by atoms with Crippen LogP contribution in [0.3, 0.4) is 0 Å². The van der Waals surface area contributed by atoms with Crippen molar-refractivity contribution in [1.82, 2.24) is 10.9 Å². The van der Waals surface area contributed by atoms with Crippen LogP contribution in [-0.4, -0.2) is 33.1 Å². The third-order valence-electron chi connectivity index (χ3n) is 5.12. The molecule has 1 saturated carbocycles. The predicted octanol–water partition coefficient (Wildman–Crippen LogP) is 2.52. The largest absolute Gasteiger partial charge is 0.273 e. The van der Waals surface area contributed by atoms with Crippen molar-refractivity contribution >= 4 is 34.6 Å². The van der Waals surface area contributed by atoms with Gasteiger partial charge in [-0.25, -0.2) is 10.9 Å². The van der Waals surface area contributed by atoms with Crippen molar-refractivity contribution in [2.45, 2.75) is 20.3 Å². The van der Waals surface area contributed by atoms with Crippen LogP contribution >= 0.6 is 0 Å². The third kappa shape index (κ3) is 5.81. The molecule has 33 heavy (non-hydrogen) atoms. The lowest BCUT2D eigenvalue weighted by Crippen LogP contribution is -2.26. The zero-order chi connectivity index (χ0) is 24.1. The second-order valence-corrected chi connectivity index (χ2v) is 7.40. The van der Waals surface area contributed by atoms with Gasteiger partial charge in [-0.1, -0.05) is 0 Å². The number of hydrazone groups is 2. The monoisotopic (exact) mass is 452 g/mol. The molecule has 1 aliphatic carbocycles. The van der Waals surface area contributed by atoms with Crippen molar-refractivity contribution in [2.75, 3.05) is 0 Å². The Balaban J connectivity index is 1.51. The first kappa shape index (κ1) is 23.2. The van der Waals surface area contributed by atoms with Crippen LogP contribution in [0.2, 0.25) is 0 Å². The van der Waals surface area contributed by atoms with Crippen molar-refractivity contribution in [3.05, 3.63) is 79.9 Å². The van der Waals surface area contributed by atoms with Crippen LogP contribution in [0.4, 0.5) is 11.4 Å². The lowest BCUT2D eigenvalue weighted by Gasteiger charge is -2.04. The summed E-state index contributed by atoms with van der Waals surface area (Å²) >= 11 is 0. The van der Waals surface area contributed by atoms with Gasteiger partial charge >= 0.3 is 0 Å². The first-order valence-corrected chi connectivity index (χ1v) is 9.85. The molecule has 12 heteroatoms. The van der Waals surface area contributed by atoms with E-state index < -0.39 is 33.5 Å². The van der Waals surface area contributed by atoms with Gasteiger partial charge in [0.15, 0.2) is 0 Å². The first-order chi connectivity index (χ1) is 15.7. The van der Waals surface area contributed by atoms with Gasteiger partial charge in [0.25, 0.3) is 11.4 Å². The smallest absolute Gasteiger partial charge is 0.269 e. The SMILES string of the molecule is C/C(=N/NC(=O)[C@H]1C[C@H]1C(=O)N/N=C(/C)c1ccc([N+](=O)[O-])cc1)c1ccc([N+](=O)[O-])cc1. The Bertz CT molecular complexity index is 1070. The molecule has 0 aromatic heterocycles. The molecule has 0 saturated heterocycles. The van der Waals surface area contributed by atoms with Crippen LogP contribution < -0.4 is 10.9 Å². The Morgan fingerprint density at radius 3 is 1.39 bits per heavy atom. The van der Waals surface area contributed by atoms with Gasteiger partial charge < -0.3 is 0 Å². The zero-order valence-corrected chi connectivity index (χ0v) is 17.7. The molecule has 2 atom stereocenters. The number of nitrogens with one attached hydrogen (secondary N) is 2. The molecular weight excluding hydrogens is 432 g/mol. The highest BCUT2D eigenvalue weighted by molar-refractivity contribution is 6.01. The number of nitro groups is 2.